The predicted molar refractivity (Wildman–Crippen MR) is 125 cm³/mol. The maximum Gasteiger partial charge on any atom is 0.309 e. The second kappa shape index (κ2) is 10.1. The van der Waals surface area contributed by atoms with Crippen LogP contribution in [0, 0.1) is 5.92 Å². The number of benzene rings is 2. The third kappa shape index (κ3) is 6.00. The highest BCUT2D eigenvalue weighted by Crippen LogP contribution is 2.26. The molecule has 7 nitrogen and oxygen atoms in total. The van der Waals surface area contributed by atoms with E-state index in [0.717, 1.165) is 5.56 Å². The number of ketones is 1. The van der Waals surface area contributed by atoms with E-state index in [1.54, 1.807) is 24.3 Å². The lowest BCUT2D eigenvalue weighted by Crippen LogP contribution is -2.40. The van der Waals surface area contributed by atoms with Gasteiger partial charge in [0.1, 0.15) is 5.75 Å². The Balaban J connectivity index is 1.51. The molecule has 0 bridgehead atoms. The zero-order valence-electron chi connectivity index (χ0n) is 19.5. The Labute approximate surface area is 195 Å². The summed E-state index contributed by atoms with van der Waals surface area (Å²) >= 11 is 0. The number of carbonyl (C=O) groups excluding carboxylic acids is 2. The van der Waals surface area contributed by atoms with Crippen molar-refractivity contribution < 1.29 is 27.5 Å². The van der Waals surface area contributed by atoms with Gasteiger partial charge in [0.25, 0.3) is 0 Å². The van der Waals surface area contributed by atoms with Crippen LogP contribution >= 0.6 is 0 Å². The SMILES string of the molecule is COc1ccc(S(=O)(=O)N2CCC(C(=O)OCC(=O)c3ccc(C(C)(C)C)cc3)CC2)cc1. The molecule has 0 saturated carbocycles. The van der Waals surface area contributed by atoms with Gasteiger partial charge >= 0.3 is 5.97 Å². The number of piperidine rings is 1. The number of rotatable bonds is 7. The monoisotopic (exact) mass is 473 g/mol. The molecule has 1 aliphatic rings. The highest BCUT2D eigenvalue weighted by Gasteiger charge is 2.33. The summed E-state index contributed by atoms with van der Waals surface area (Å²) in [5.74, 6) is -0.571. The molecule has 178 valence electrons. The fourth-order valence-electron chi connectivity index (χ4n) is 3.72. The van der Waals surface area contributed by atoms with Crippen molar-refractivity contribution in [1.29, 1.82) is 0 Å². The van der Waals surface area contributed by atoms with E-state index >= 15 is 0 Å². The summed E-state index contributed by atoms with van der Waals surface area (Å²) in [5, 5.41) is 0. The summed E-state index contributed by atoms with van der Waals surface area (Å²) in [4.78, 5) is 25.1. The summed E-state index contributed by atoms with van der Waals surface area (Å²) in [7, 11) is -2.12. The summed E-state index contributed by atoms with van der Waals surface area (Å²) < 4.78 is 37.4. The van der Waals surface area contributed by atoms with Crippen molar-refractivity contribution in [3.05, 3.63) is 59.7 Å². The number of ether oxygens (including phenoxy) is 2. The van der Waals surface area contributed by atoms with Gasteiger partial charge in [0.2, 0.25) is 10.0 Å². The molecule has 0 atom stereocenters. The van der Waals surface area contributed by atoms with Crippen LogP contribution < -0.4 is 4.74 Å². The topological polar surface area (TPSA) is 90.0 Å². The van der Waals surface area contributed by atoms with Crippen LogP contribution in [-0.2, 0) is 25.0 Å². The Kier molecular flexibility index (Phi) is 7.59. The molecule has 0 radical (unpaired) electrons. The second-order valence-corrected chi connectivity index (χ2v) is 11.2. The first-order chi connectivity index (χ1) is 15.5. The lowest BCUT2D eigenvalue weighted by atomic mass is 9.86. The number of methoxy groups -OCH3 is 1. The van der Waals surface area contributed by atoms with Crippen molar-refractivity contribution in [1.82, 2.24) is 4.31 Å². The van der Waals surface area contributed by atoms with Crippen LogP contribution in [-0.4, -0.2) is 51.3 Å². The molecule has 1 aliphatic heterocycles. The van der Waals surface area contributed by atoms with Gasteiger partial charge in [0.15, 0.2) is 12.4 Å². The van der Waals surface area contributed by atoms with Gasteiger partial charge in [-0.3, -0.25) is 9.59 Å². The van der Waals surface area contributed by atoms with E-state index in [-0.39, 0.29) is 35.8 Å². The van der Waals surface area contributed by atoms with E-state index in [2.05, 4.69) is 20.8 Å². The number of carbonyl (C=O) groups is 2. The normalized spacial score (nSPS) is 15.8. The Morgan fingerprint density at radius 3 is 2.06 bits per heavy atom. The molecule has 0 unspecified atom stereocenters. The van der Waals surface area contributed by atoms with Crippen LogP contribution in [0.25, 0.3) is 0 Å². The molecular weight excluding hydrogens is 442 g/mol. The maximum atomic E-state index is 12.8. The van der Waals surface area contributed by atoms with E-state index in [0.29, 0.717) is 24.2 Å². The fraction of sp³-hybridized carbons (Fsp3) is 0.440. The minimum absolute atomic E-state index is 0.0102. The average molecular weight is 474 g/mol. The van der Waals surface area contributed by atoms with E-state index in [9.17, 15) is 18.0 Å². The third-order valence-electron chi connectivity index (χ3n) is 5.90. The van der Waals surface area contributed by atoms with Crippen LogP contribution in [0.3, 0.4) is 0 Å². The van der Waals surface area contributed by atoms with Gasteiger partial charge in [-0.1, -0.05) is 45.0 Å². The van der Waals surface area contributed by atoms with E-state index in [4.69, 9.17) is 9.47 Å². The molecule has 0 aromatic heterocycles. The third-order valence-corrected chi connectivity index (χ3v) is 7.82. The quantitative estimate of drug-likeness (QED) is 0.449. The highest BCUT2D eigenvalue weighted by atomic mass is 32.2. The summed E-state index contributed by atoms with van der Waals surface area (Å²) in [5.41, 5.74) is 1.60. The lowest BCUT2D eigenvalue weighted by molar-refractivity contribution is -0.148. The molecule has 2 aromatic carbocycles. The molecule has 0 amide bonds. The number of sulfonamides is 1. The van der Waals surface area contributed by atoms with Crippen molar-refractivity contribution in [3.63, 3.8) is 0 Å². The molecular formula is C25H31NO6S. The molecule has 0 aliphatic carbocycles. The Morgan fingerprint density at radius 1 is 0.970 bits per heavy atom. The first kappa shape index (κ1) is 24.9. The molecule has 1 heterocycles. The first-order valence-corrected chi connectivity index (χ1v) is 12.4. The molecule has 0 spiro atoms. The fourth-order valence-corrected chi connectivity index (χ4v) is 5.19. The van der Waals surface area contributed by atoms with Gasteiger partial charge in [-0.05, 0) is 48.1 Å². The zero-order chi connectivity index (χ0) is 24.2. The lowest BCUT2D eigenvalue weighted by Gasteiger charge is -2.30. The molecule has 1 fully saturated rings. The number of nitrogens with zero attached hydrogens (tertiary/aromatic N) is 1. The standard InChI is InChI=1S/C25H31NO6S/c1-25(2,3)20-7-5-18(6-8-20)23(27)17-32-24(28)19-13-15-26(16-14-19)33(29,30)22-11-9-21(31-4)10-12-22/h5-12,19H,13-17H2,1-4H3. The Hall–Kier alpha value is -2.71. The summed E-state index contributed by atoms with van der Waals surface area (Å²) in [6.45, 7) is 6.40. The molecule has 33 heavy (non-hydrogen) atoms. The molecule has 8 heteroatoms. The molecule has 3 rings (SSSR count). The number of esters is 1. The van der Waals surface area contributed by atoms with Crippen molar-refractivity contribution in [2.45, 2.75) is 43.9 Å². The minimum Gasteiger partial charge on any atom is -0.497 e. The van der Waals surface area contributed by atoms with Crippen molar-refractivity contribution in [2.24, 2.45) is 5.92 Å². The van der Waals surface area contributed by atoms with Crippen LogP contribution in [0.2, 0.25) is 0 Å². The van der Waals surface area contributed by atoms with Crippen LogP contribution in [0.15, 0.2) is 53.4 Å². The van der Waals surface area contributed by atoms with Crippen molar-refractivity contribution in [2.75, 3.05) is 26.8 Å². The van der Waals surface area contributed by atoms with Gasteiger partial charge in [-0.15, -0.1) is 0 Å². The van der Waals surface area contributed by atoms with Crippen molar-refractivity contribution in [3.8, 4) is 5.75 Å². The molecule has 0 N–H and O–H groups in total. The Bertz CT molecular complexity index is 1080. The summed E-state index contributed by atoms with van der Waals surface area (Å²) in [6, 6.07) is 13.5. The predicted octanol–water partition coefficient (Wildman–Crippen LogP) is 3.82. The first-order valence-electron chi connectivity index (χ1n) is 11.0. The Morgan fingerprint density at radius 2 is 1.55 bits per heavy atom. The number of hydrogen-bond acceptors (Lipinski definition) is 6. The van der Waals surface area contributed by atoms with Crippen LogP contribution in [0.4, 0.5) is 0 Å². The van der Waals surface area contributed by atoms with Gasteiger partial charge in [0, 0.05) is 18.7 Å². The molecule has 2 aromatic rings. The minimum atomic E-state index is -3.64. The average Bonchev–Trinajstić information content (AvgIpc) is 2.82. The van der Waals surface area contributed by atoms with Gasteiger partial charge in [-0.25, -0.2) is 8.42 Å². The van der Waals surface area contributed by atoms with E-state index in [1.807, 2.05) is 12.1 Å². The zero-order valence-corrected chi connectivity index (χ0v) is 20.4. The van der Waals surface area contributed by atoms with E-state index < -0.39 is 21.9 Å². The van der Waals surface area contributed by atoms with Crippen molar-refractivity contribution >= 4 is 21.8 Å². The highest BCUT2D eigenvalue weighted by molar-refractivity contribution is 7.89. The maximum absolute atomic E-state index is 12.8. The smallest absolute Gasteiger partial charge is 0.309 e. The van der Waals surface area contributed by atoms with Crippen LogP contribution in [0.1, 0.15) is 49.5 Å². The van der Waals surface area contributed by atoms with Crippen LogP contribution in [0.5, 0.6) is 5.75 Å². The molecule has 1 saturated heterocycles. The number of hydrogen-bond donors (Lipinski definition) is 0. The van der Waals surface area contributed by atoms with E-state index in [1.165, 1.54) is 23.5 Å². The largest absolute Gasteiger partial charge is 0.497 e. The second-order valence-electron chi connectivity index (χ2n) is 9.21. The number of Topliss-reactive ketones (excluding diaryl/α,β-unsaturated/α-hetero) is 1. The summed E-state index contributed by atoms with van der Waals surface area (Å²) in [6.07, 6.45) is 0.700. The van der Waals surface area contributed by atoms with Gasteiger partial charge < -0.3 is 9.47 Å². The van der Waals surface area contributed by atoms with Gasteiger partial charge in [-0.2, -0.15) is 4.31 Å². The van der Waals surface area contributed by atoms with Gasteiger partial charge in [0.05, 0.1) is 17.9 Å².